The smallest absolute Gasteiger partial charge is 0.407 e. The van der Waals surface area contributed by atoms with Crippen molar-refractivity contribution in [3.05, 3.63) is 125 Å². The van der Waals surface area contributed by atoms with Crippen molar-refractivity contribution in [2.24, 2.45) is 0 Å². The van der Waals surface area contributed by atoms with Crippen LogP contribution in [-0.4, -0.2) is 24.7 Å². The zero-order valence-corrected chi connectivity index (χ0v) is 22.8. The number of hydrogen-bond donors (Lipinski definition) is 1. The summed E-state index contributed by atoms with van der Waals surface area (Å²) >= 11 is 0. The highest BCUT2D eigenvalue weighted by Gasteiger charge is 2.30. The van der Waals surface area contributed by atoms with Crippen LogP contribution in [-0.2, 0) is 27.5 Å². The van der Waals surface area contributed by atoms with Gasteiger partial charge in [0.15, 0.2) is 0 Å². The Labute approximate surface area is 240 Å². The number of nitrogens with one attached hydrogen (secondary N) is 1. The number of benzene rings is 4. The Kier molecular flexibility index (Phi) is 8.66. The third-order valence-electron chi connectivity index (χ3n) is 7.07. The largest absolute Gasteiger partial charge is 0.489 e. The Morgan fingerprint density at radius 3 is 2.02 bits per heavy atom. The fraction of sp³-hybridized carbons (Fsp3) is 0.200. The standard InChI is InChI=1S/C35H31NO5/c1-3-8-33(34(37)40-22-26-17-19-27(20-18-26)39-21-25-15-13-24(2)14-16-25)36-35(38)41-23-32-30-11-6-4-9-28(30)29-10-5-7-12-31(29)32/h1,4-7,9-20,32-33H,8,21-23H2,2H3,(H,36,38)/t33-/m0/s1. The number of amides is 1. The summed E-state index contributed by atoms with van der Waals surface area (Å²) in [6, 6.07) is 30.6. The Hall–Kier alpha value is -5.02. The highest BCUT2D eigenvalue weighted by molar-refractivity contribution is 5.82. The average molecular weight is 546 g/mol. The van der Waals surface area contributed by atoms with E-state index in [2.05, 4.69) is 23.4 Å². The summed E-state index contributed by atoms with van der Waals surface area (Å²) in [4.78, 5) is 25.4. The van der Waals surface area contributed by atoms with E-state index in [1.165, 1.54) is 5.56 Å². The maximum Gasteiger partial charge on any atom is 0.407 e. The van der Waals surface area contributed by atoms with E-state index < -0.39 is 18.1 Å². The van der Waals surface area contributed by atoms with Crippen LogP contribution in [0.4, 0.5) is 4.79 Å². The maximum atomic E-state index is 12.8. The molecule has 0 spiro atoms. The highest BCUT2D eigenvalue weighted by Crippen LogP contribution is 2.44. The van der Waals surface area contributed by atoms with Crippen molar-refractivity contribution < 1.29 is 23.8 Å². The van der Waals surface area contributed by atoms with Gasteiger partial charge in [-0.2, -0.15) is 0 Å². The number of fused-ring (bicyclic) bond motifs is 3. The Bertz CT molecular complexity index is 1510. The van der Waals surface area contributed by atoms with Crippen molar-refractivity contribution in [1.82, 2.24) is 5.32 Å². The number of ether oxygens (including phenoxy) is 3. The predicted molar refractivity (Wildman–Crippen MR) is 157 cm³/mol. The summed E-state index contributed by atoms with van der Waals surface area (Å²) in [5.41, 5.74) is 7.54. The maximum absolute atomic E-state index is 12.8. The van der Waals surface area contributed by atoms with E-state index in [0.717, 1.165) is 33.4 Å². The van der Waals surface area contributed by atoms with Crippen LogP contribution in [0.5, 0.6) is 5.75 Å². The van der Waals surface area contributed by atoms with Crippen LogP contribution in [0.3, 0.4) is 0 Å². The monoisotopic (exact) mass is 545 g/mol. The first-order valence-corrected chi connectivity index (χ1v) is 13.5. The molecule has 0 saturated carbocycles. The predicted octanol–water partition coefficient (Wildman–Crippen LogP) is 6.55. The normalized spacial score (nSPS) is 12.4. The van der Waals surface area contributed by atoms with Crippen molar-refractivity contribution in [1.29, 1.82) is 0 Å². The molecule has 0 unspecified atom stereocenters. The fourth-order valence-corrected chi connectivity index (χ4v) is 4.88. The molecule has 0 aromatic heterocycles. The van der Waals surface area contributed by atoms with Crippen molar-refractivity contribution in [3.8, 4) is 29.2 Å². The first-order valence-electron chi connectivity index (χ1n) is 13.5. The molecule has 1 amide bonds. The van der Waals surface area contributed by atoms with Crippen LogP contribution in [0.2, 0.25) is 0 Å². The van der Waals surface area contributed by atoms with Gasteiger partial charge in [-0.15, -0.1) is 12.3 Å². The topological polar surface area (TPSA) is 73.9 Å². The minimum Gasteiger partial charge on any atom is -0.489 e. The van der Waals surface area contributed by atoms with Crippen LogP contribution in [0.15, 0.2) is 97.1 Å². The molecular weight excluding hydrogens is 514 g/mol. The van der Waals surface area contributed by atoms with Gasteiger partial charge in [0.25, 0.3) is 0 Å². The van der Waals surface area contributed by atoms with Crippen molar-refractivity contribution in [3.63, 3.8) is 0 Å². The van der Waals surface area contributed by atoms with Gasteiger partial charge >= 0.3 is 12.1 Å². The number of aryl methyl sites for hydroxylation is 1. The van der Waals surface area contributed by atoms with Crippen LogP contribution in [0, 0.1) is 19.3 Å². The van der Waals surface area contributed by atoms with E-state index in [1.807, 2.05) is 91.9 Å². The molecule has 0 saturated heterocycles. The Morgan fingerprint density at radius 1 is 0.805 bits per heavy atom. The lowest BCUT2D eigenvalue weighted by Gasteiger charge is -2.18. The molecule has 6 nitrogen and oxygen atoms in total. The Morgan fingerprint density at radius 2 is 1.39 bits per heavy atom. The van der Waals surface area contributed by atoms with Crippen LogP contribution in [0.25, 0.3) is 11.1 Å². The molecule has 1 atom stereocenters. The molecular formula is C35H31NO5. The molecule has 0 bridgehead atoms. The Balaban J connectivity index is 1.11. The van der Waals surface area contributed by atoms with E-state index in [1.54, 1.807) is 0 Å². The number of terminal acetylenes is 1. The second kappa shape index (κ2) is 12.9. The quantitative estimate of drug-likeness (QED) is 0.181. The number of hydrogen-bond acceptors (Lipinski definition) is 5. The van der Waals surface area contributed by atoms with Gasteiger partial charge in [0.1, 0.15) is 31.6 Å². The number of esters is 1. The van der Waals surface area contributed by atoms with E-state index >= 15 is 0 Å². The molecule has 5 rings (SSSR count). The van der Waals surface area contributed by atoms with Crippen molar-refractivity contribution in [2.45, 2.75) is 38.5 Å². The van der Waals surface area contributed by atoms with E-state index in [4.69, 9.17) is 20.6 Å². The third-order valence-corrected chi connectivity index (χ3v) is 7.07. The molecule has 4 aromatic carbocycles. The van der Waals surface area contributed by atoms with Gasteiger partial charge in [-0.1, -0.05) is 90.5 Å². The minimum atomic E-state index is -1.02. The molecule has 1 N–H and O–H groups in total. The van der Waals surface area contributed by atoms with Gasteiger partial charge in [-0.05, 0) is 52.4 Å². The summed E-state index contributed by atoms with van der Waals surface area (Å²) in [7, 11) is 0. The first kappa shape index (κ1) is 27.5. The average Bonchev–Trinajstić information content (AvgIpc) is 3.32. The van der Waals surface area contributed by atoms with E-state index in [-0.39, 0.29) is 25.6 Å². The summed E-state index contributed by atoms with van der Waals surface area (Å²) in [6.07, 6.45) is 4.72. The lowest BCUT2D eigenvalue weighted by atomic mass is 9.98. The molecule has 206 valence electrons. The van der Waals surface area contributed by atoms with Crippen LogP contribution >= 0.6 is 0 Å². The molecule has 0 aliphatic heterocycles. The second-order valence-corrected chi connectivity index (χ2v) is 9.96. The summed E-state index contributed by atoms with van der Waals surface area (Å²) in [6.45, 7) is 2.67. The molecule has 1 aliphatic rings. The summed E-state index contributed by atoms with van der Waals surface area (Å²) in [5, 5.41) is 2.57. The number of rotatable bonds is 10. The molecule has 41 heavy (non-hydrogen) atoms. The molecule has 6 heteroatoms. The third kappa shape index (κ3) is 6.77. The molecule has 0 radical (unpaired) electrons. The SMILES string of the molecule is C#CC[C@H](NC(=O)OCC1c2ccccc2-c2ccccc21)C(=O)OCc1ccc(OCc2ccc(C)cc2)cc1. The lowest BCUT2D eigenvalue weighted by Crippen LogP contribution is -2.42. The first-order chi connectivity index (χ1) is 20.0. The molecule has 4 aromatic rings. The summed E-state index contributed by atoms with van der Waals surface area (Å²) in [5.74, 6) is 2.42. The second-order valence-electron chi connectivity index (χ2n) is 9.96. The van der Waals surface area contributed by atoms with Gasteiger partial charge < -0.3 is 19.5 Å². The molecule has 0 fully saturated rings. The number of carbonyl (C=O) groups is 2. The van der Waals surface area contributed by atoms with Gasteiger partial charge in [0, 0.05) is 12.3 Å². The number of alkyl carbamates (subject to hydrolysis) is 1. The summed E-state index contributed by atoms with van der Waals surface area (Å²) < 4.78 is 16.8. The van der Waals surface area contributed by atoms with Gasteiger partial charge in [-0.3, -0.25) is 0 Å². The van der Waals surface area contributed by atoms with Gasteiger partial charge in [-0.25, -0.2) is 9.59 Å². The molecule has 0 heterocycles. The van der Waals surface area contributed by atoms with Crippen LogP contribution < -0.4 is 10.1 Å². The zero-order valence-electron chi connectivity index (χ0n) is 22.8. The zero-order chi connectivity index (χ0) is 28.6. The van der Waals surface area contributed by atoms with Gasteiger partial charge in [0.05, 0.1) is 0 Å². The van der Waals surface area contributed by atoms with Crippen molar-refractivity contribution in [2.75, 3.05) is 6.61 Å². The lowest BCUT2D eigenvalue weighted by molar-refractivity contribution is -0.147. The van der Waals surface area contributed by atoms with E-state index in [0.29, 0.717) is 12.4 Å². The van der Waals surface area contributed by atoms with Crippen LogP contribution in [0.1, 0.15) is 40.2 Å². The van der Waals surface area contributed by atoms with E-state index in [9.17, 15) is 9.59 Å². The minimum absolute atomic E-state index is 0.0190. The molecule has 1 aliphatic carbocycles. The highest BCUT2D eigenvalue weighted by atomic mass is 16.6. The van der Waals surface area contributed by atoms with Crippen molar-refractivity contribution >= 4 is 12.1 Å². The number of carbonyl (C=O) groups excluding carboxylic acids is 2. The van der Waals surface area contributed by atoms with Gasteiger partial charge in [0.2, 0.25) is 0 Å². The fourth-order valence-electron chi connectivity index (χ4n) is 4.88.